The molecule has 0 fully saturated rings. The number of aromatic nitrogens is 3. The molecule has 0 spiro atoms. The van der Waals surface area contributed by atoms with E-state index in [4.69, 9.17) is 0 Å². The molecule has 0 aliphatic heterocycles. The Kier molecular flexibility index (Phi) is 3.45. The van der Waals surface area contributed by atoms with Crippen molar-refractivity contribution < 1.29 is 8.42 Å². The molecular formula is C14H16N4O2S2. The Balaban J connectivity index is 1.91. The molecule has 116 valence electrons. The Morgan fingerprint density at radius 2 is 1.95 bits per heavy atom. The molecule has 0 atom stereocenters. The number of rotatable bonds is 3. The summed E-state index contributed by atoms with van der Waals surface area (Å²) in [7, 11) is -3.59. The largest absolute Gasteiger partial charge is 0.287 e. The van der Waals surface area contributed by atoms with Crippen molar-refractivity contribution in [1.29, 1.82) is 0 Å². The first-order valence-electron chi connectivity index (χ1n) is 6.68. The summed E-state index contributed by atoms with van der Waals surface area (Å²) >= 11 is 1.29. The van der Waals surface area contributed by atoms with E-state index in [0.717, 1.165) is 4.88 Å². The molecule has 0 amide bonds. The summed E-state index contributed by atoms with van der Waals surface area (Å²) in [5.74, 6) is 0. The topological polar surface area (TPSA) is 76.4 Å². The van der Waals surface area contributed by atoms with Crippen LogP contribution in [0.4, 0.5) is 5.69 Å². The van der Waals surface area contributed by atoms with E-state index in [1.807, 2.05) is 6.07 Å². The van der Waals surface area contributed by atoms with E-state index < -0.39 is 10.0 Å². The fraction of sp³-hybridized carbons (Fsp3) is 0.286. The molecule has 22 heavy (non-hydrogen) atoms. The number of pyridine rings is 1. The monoisotopic (exact) mass is 336 g/mol. The Morgan fingerprint density at radius 3 is 2.64 bits per heavy atom. The van der Waals surface area contributed by atoms with Gasteiger partial charge in [-0.25, -0.2) is 8.42 Å². The lowest BCUT2D eigenvalue weighted by atomic mass is 9.95. The van der Waals surface area contributed by atoms with Crippen LogP contribution in [0.25, 0.3) is 5.65 Å². The SMILES string of the molecule is CC(C)(C)c1ccc(S(=O)(=O)Nc2ccc3nncn3c2)s1. The highest BCUT2D eigenvalue weighted by atomic mass is 32.2. The normalized spacial score (nSPS) is 12.7. The van der Waals surface area contributed by atoms with Crippen molar-refractivity contribution in [3.05, 3.63) is 41.7 Å². The van der Waals surface area contributed by atoms with Gasteiger partial charge < -0.3 is 0 Å². The highest BCUT2D eigenvalue weighted by molar-refractivity contribution is 7.94. The average Bonchev–Trinajstić information content (AvgIpc) is 3.06. The minimum atomic E-state index is -3.59. The Morgan fingerprint density at radius 1 is 1.18 bits per heavy atom. The van der Waals surface area contributed by atoms with E-state index in [0.29, 0.717) is 15.5 Å². The molecule has 6 nitrogen and oxygen atoms in total. The first-order valence-corrected chi connectivity index (χ1v) is 8.98. The molecule has 0 radical (unpaired) electrons. The van der Waals surface area contributed by atoms with Crippen molar-refractivity contribution in [2.75, 3.05) is 4.72 Å². The zero-order valence-electron chi connectivity index (χ0n) is 12.4. The lowest BCUT2D eigenvalue weighted by Gasteiger charge is -2.15. The summed E-state index contributed by atoms with van der Waals surface area (Å²) in [6.07, 6.45) is 3.17. The lowest BCUT2D eigenvalue weighted by Crippen LogP contribution is -2.12. The van der Waals surface area contributed by atoms with Crippen molar-refractivity contribution in [3.63, 3.8) is 0 Å². The third-order valence-corrected chi connectivity index (χ3v) is 6.51. The maximum Gasteiger partial charge on any atom is 0.271 e. The van der Waals surface area contributed by atoms with Crippen LogP contribution in [-0.2, 0) is 15.4 Å². The number of sulfonamides is 1. The zero-order chi connectivity index (χ0) is 16.0. The van der Waals surface area contributed by atoms with Gasteiger partial charge in [0.05, 0.1) is 5.69 Å². The standard InChI is InChI=1S/C14H16N4O2S2/c1-14(2,3)11-5-7-13(21-11)22(19,20)17-10-4-6-12-16-15-9-18(12)8-10/h4-9,17H,1-3H3. The molecular weight excluding hydrogens is 320 g/mol. The van der Waals surface area contributed by atoms with E-state index in [2.05, 4.69) is 35.7 Å². The van der Waals surface area contributed by atoms with E-state index in [1.54, 1.807) is 28.8 Å². The Bertz CT molecular complexity index is 920. The van der Waals surface area contributed by atoms with Crippen molar-refractivity contribution in [2.24, 2.45) is 0 Å². The summed E-state index contributed by atoms with van der Waals surface area (Å²) < 4.78 is 29.5. The van der Waals surface area contributed by atoms with E-state index >= 15 is 0 Å². The quantitative estimate of drug-likeness (QED) is 0.798. The van der Waals surface area contributed by atoms with Crippen LogP contribution in [-0.4, -0.2) is 23.0 Å². The second kappa shape index (κ2) is 5.06. The third-order valence-electron chi connectivity index (χ3n) is 3.13. The molecule has 0 aliphatic rings. The van der Waals surface area contributed by atoms with Crippen LogP contribution in [0.5, 0.6) is 0 Å². The maximum absolute atomic E-state index is 12.5. The van der Waals surface area contributed by atoms with Gasteiger partial charge in [-0.3, -0.25) is 9.12 Å². The highest BCUT2D eigenvalue weighted by Gasteiger charge is 2.22. The second-order valence-electron chi connectivity index (χ2n) is 5.99. The number of fused-ring (bicyclic) bond motifs is 1. The van der Waals surface area contributed by atoms with E-state index in [9.17, 15) is 8.42 Å². The fourth-order valence-corrected chi connectivity index (χ4v) is 4.37. The van der Waals surface area contributed by atoms with Crippen LogP contribution in [0.15, 0.2) is 41.0 Å². The number of hydrogen-bond acceptors (Lipinski definition) is 5. The van der Waals surface area contributed by atoms with Gasteiger partial charge in [-0.2, -0.15) is 0 Å². The van der Waals surface area contributed by atoms with Gasteiger partial charge in [0.2, 0.25) is 0 Å². The van der Waals surface area contributed by atoms with Gasteiger partial charge in [-0.05, 0) is 29.7 Å². The predicted octanol–water partition coefficient (Wildman–Crippen LogP) is 2.89. The summed E-state index contributed by atoms with van der Waals surface area (Å²) in [5.41, 5.74) is 1.06. The van der Waals surface area contributed by atoms with Gasteiger partial charge >= 0.3 is 0 Å². The molecule has 1 N–H and O–H groups in total. The van der Waals surface area contributed by atoms with E-state index in [-0.39, 0.29) is 5.41 Å². The molecule has 0 bridgehead atoms. The van der Waals surface area contributed by atoms with Crippen molar-refractivity contribution in [3.8, 4) is 0 Å². The first-order chi connectivity index (χ1) is 10.3. The van der Waals surface area contributed by atoms with Gasteiger partial charge in [0.1, 0.15) is 10.5 Å². The Labute approximate surface area is 132 Å². The van der Waals surface area contributed by atoms with Crippen LogP contribution in [0, 0.1) is 0 Å². The van der Waals surface area contributed by atoms with Crippen molar-refractivity contribution >= 4 is 32.7 Å². The lowest BCUT2D eigenvalue weighted by molar-refractivity contribution is 0.603. The van der Waals surface area contributed by atoms with Crippen LogP contribution in [0.1, 0.15) is 25.6 Å². The number of nitrogens with one attached hydrogen (secondary N) is 1. The summed E-state index contributed by atoms with van der Waals surface area (Å²) in [5, 5.41) is 7.65. The molecule has 0 saturated heterocycles. The van der Waals surface area contributed by atoms with Gasteiger partial charge in [0.15, 0.2) is 5.65 Å². The number of nitrogens with zero attached hydrogens (tertiary/aromatic N) is 3. The molecule has 0 aliphatic carbocycles. The van der Waals surface area contributed by atoms with Crippen LogP contribution in [0.2, 0.25) is 0 Å². The number of hydrogen-bond donors (Lipinski definition) is 1. The summed E-state index contributed by atoms with van der Waals surface area (Å²) in [6.45, 7) is 6.17. The molecule has 8 heteroatoms. The predicted molar refractivity (Wildman–Crippen MR) is 86.8 cm³/mol. The minimum Gasteiger partial charge on any atom is -0.287 e. The average molecular weight is 336 g/mol. The van der Waals surface area contributed by atoms with Crippen LogP contribution < -0.4 is 4.72 Å². The van der Waals surface area contributed by atoms with Crippen LogP contribution in [0.3, 0.4) is 0 Å². The minimum absolute atomic E-state index is 0.0696. The zero-order valence-corrected chi connectivity index (χ0v) is 14.1. The molecule has 0 aromatic carbocycles. The van der Waals surface area contributed by atoms with Gasteiger partial charge in [-0.15, -0.1) is 21.5 Å². The van der Waals surface area contributed by atoms with Gasteiger partial charge in [-0.1, -0.05) is 20.8 Å². The van der Waals surface area contributed by atoms with Gasteiger partial charge in [0, 0.05) is 11.1 Å². The maximum atomic E-state index is 12.5. The third kappa shape index (κ3) is 2.84. The Hall–Kier alpha value is -1.93. The smallest absolute Gasteiger partial charge is 0.271 e. The molecule has 0 saturated carbocycles. The molecule has 3 aromatic heterocycles. The molecule has 0 unspecified atom stereocenters. The molecule has 3 heterocycles. The number of thiophene rings is 1. The highest BCUT2D eigenvalue weighted by Crippen LogP contribution is 2.32. The van der Waals surface area contributed by atoms with E-state index in [1.165, 1.54) is 17.7 Å². The van der Waals surface area contributed by atoms with Crippen molar-refractivity contribution in [1.82, 2.24) is 14.6 Å². The van der Waals surface area contributed by atoms with Crippen LogP contribution >= 0.6 is 11.3 Å². The number of anilines is 1. The summed E-state index contributed by atoms with van der Waals surface area (Å²) in [6, 6.07) is 6.88. The summed E-state index contributed by atoms with van der Waals surface area (Å²) in [4.78, 5) is 1.03. The first kappa shape index (κ1) is 15.0. The fourth-order valence-electron chi connectivity index (χ4n) is 1.96. The van der Waals surface area contributed by atoms with Crippen molar-refractivity contribution in [2.45, 2.75) is 30.4 Å². The second-order valence-corrected chi connectivity index (χ2v) is 8.98. The van der Waals surface area contributed by atoms with Gasteiger partial charge in [0.25, 0.3) is 10.0 Å². The molecule has 3 aromatic rings. The molecule has 3 rings (SSSR count).